The molecular formula is C17H18ClFN2O3S. The molecule has 2 aromatic rings. The molecular weight excluding hydrogens is 367 g/mol. The SMILES string of the molecule is Cc1cc(C(=O)Nc2ccc(Cl)cc2F)cc(S(=O)(=O)N(C)C)c1C. The molecule has 0 heterocycles. The van der Waals surface area contributed by atoms with E-state index < -0.39 is 21.7 Å². The number of halogens is 2. The molecule has 2 aromatic carbocycles. The van der Waals surface area contributed by atoms with E-state index in [4.69, 9.17) is 11.6 Å². The van der Waals surface area contributed by atoms with Crippen molar-refractivity contribution in [3.8, 4) is 0 Å². The van der Waals surface area contributed by atoms with Crippen LogP contribution >= 0.6 is 11.6 Å². The van der Waals surface area contributed by atoms with Crippen molar-refractivity contribution in [2.45, 2.75) is 18.7 Å². The minimum atomic E-state index is -3.71. The lowest BCUT2D eigenvalue weighted by Gasteiger charge is -2.16. The second-order valence-corrected chi connectivity index (χ2v) is 8.34. The van der Waals surface area contributed by atoms with Crippen molar-refractivity contribution < 1.29 is 17.6 Å². The molecule has 0 aliphatic carbocycles. The highest BCUT2D eigenvalue weighted by Crippen LogP contribution is 2.25. The minimum Gasteiger partial charge on any atom is -0.319 e. The summed E-state index contributed by atoms with van der Waals surface area (Å²) in [5, 5.41) is 2.64. The maximum Gasteiger partial charge on any atom is 0.255 e. The average Bonchev–Trinajstić information content (AvgIpc) is 2.52. The van der Waals surface area contributed by atoms with Crippen LogP contribution in [0.2, 0.25) is 5.02 Å². The molecule has 0 spiro atoms. The van der Waals surface area contributed by atoms with E-state index >= 15 is 0 Å². The third-order valence-corrected chi connectivity index (χ3v) is 6.00. The third kappa shape index (κ3) is 4.00. The van der Waals surface area contributed by atoms with Gasteiger partial charge < -0.3 is 5.32 Å². The largest absolute Gasteiger partial charge is 0.319 e. The second-order valence-electron chi connectivity index (χ2n) is 5.78. The monoisotopic (exact) mass is 384 g/mol. The second kappa shape index (κ2) is 7.11. The summed E-state index contributed by atoms with van der Waals surface area (Å²) in [6, 6.07) is 6.73. The van der Waals surface area contributed by atoms with Crippen LogP contribution in [0.4, 0.5) is 10.1 Å². The molecule has 1 amide bonds. The highest BCUT2D eigenvalue weighted by atomic mass is 35.5. The number of anilines is 1. The molecule has 0 aromatic heterocycles. The number of hydrogen-bond donors (Lipinski definition) is 1. The van der Waals surface area contributed by atoms with E-state index in [1.165, 1.54) is 32.3 Å². The maximum absolute atomic E-state index is 13.8. The fourth-order valence-electron chi connectivity index (χ4n) is 2.21. The number of nitrogens with zero attached hydrogens (tertiary/aromatic N) is 1. The molecule has 0 saturated heterocycles. The van der Waals surface area contributed by atoms with E-state index in [1.54, 1.807) is 19.9 Å². The lowest BCUT2D eigenvalue weighted by Crippen LogP contribution is -2.24. The van der Waals surface area contributed by atoms with Gasteiger partial charge in [0.25, 0.3) is 5.91 Å². The number of carbonyl (C=O) groups excluding carboxylic acids is 1. The molecule has 1 N–H and O–H groups in total. The highest BCUT2D eigenvalue weighted by molar-refractivity contribution is 7.89. The van der Waals surface area contributed by atoms with Crippen LogP contribution in [0.15, 0.2) is 35.2 Å². The zero-order valence-electron chi connectivity index (χ0n) is 14.2. The Kier molecular flexibility index (Phi) is 5.51. The van der Waals surface area contributed by atoms with Gasteiger partial charge in [-0.2, -0.15) is 0 Å². The minimum absolute atomic E-state index is 0.0374. The Morgan fingerprint density at radius 3 is 2.36 bits per heavy atom. The van der Waals surface area contributed by atoms with Gasteiger partial charge in [-0.1, -0.05) is 11.6 Å². The fraction of sp³-hybridized carbons (Fsp3) is 0.235. The van der Waals surface area contributed by atoms with E-state index in [0.717, 1.165) is 10.4 Å². The van der Waals surface area contributed by atoms with Crippen LogP contribution in [0.1, 0.15) is 21.5 Å². The van der Waals surface area contributed by atoms with Crippen LogP contribution in [-0.4, -0.2) is 32.7 Å². The van der Waals surface area contributed by atoms with Gasteiger partial charge in [0, 0.05) is 24.7 Å². The summed E-state index contributed by atoms with van der Waals surface area (Å²) in [5.74, 6) is -1.29. The number of carbonyl (C=O) groups is 1. The number of nitrogens with one attached hydrogen (secondary N) is 1. The van der Waals surface area contributed by atoms with Crippen molar-refractivity contribution in [1.29, 1.82) is 0 Å². The first-order valence-electron chi connectivity index (χ1n) is 7.34. The molecule has 8 heteroatoms. The molecule has 134 valence electrons. The van der Waals surface area contributed by atoms with Crippen molar-refractivity contribution in [2.75, 3.05) is 19.4 Å². The Labute approximate surface area is 151 Å². The maximum atomic E-state index is 13.8. The molecule has 0 bridgehead atoms. The molecule has 0 unspecified atom stereocenters. The summed E-state index contributed by atoms with van der Waals surface area (Å²) in [7, 11) is -0.878. The Morgan fingerprint density at radius 1 is 1.16 bits per heavy atom. The third-order valence-electron chi connectivity index (χ3n) is 3.82. The van der Waals surface area contributed by atoms with Crippen LogP contribution < -0.4 is 5.32 Å². The first-order chi connectivity index (χ1) is 11.5. The molecule has 0 aliphatic heterocycles. The van der Waals surface area contributed by atoms with Gasteiger partial charge in [0.05, 0.1) is 10.6 Å². The first-order valence-corrected chi connectivity index (χ1v) is 9.16. The van der Waals surface area contributed by atoms with Crippen LogP contribution in [-0.2, 0) is 10.0 Å². The Morgan fingerprint density at radius 2 is 1.80 bits per heavy atom. The summed E-state index contributed by atoms with van der Waals surface area (Å²) in [5.41, 5.74) is 1.29. The Balaban J connectivity index is 2.46. The molecule has 0 saturated carbocycles. The van der Waals surface area contributed by atoms with Crippen molar-refractivity contribution in [1.82, 2.24) is 4.31 Å². The molecule has 5 nitrogen and oxygen atoms in total. The number of aryl methyl sites for hydroxylation is 1. The van der Waals surface area contributed by atoms with Crippen LogP contribution in [0.25, 0.3) is 0 Å². The van der Waals surface area contributed by atoms with E-state index in [2.05, 4.69) is 5.32 Å². The smallest absolute Gasteiger partial charge is 0.255 e. The highest BCUT2D eigenvalue weighted by Gasteiger charge is 2.23. The molecule has 0 aliphatic rings. The van der Waals surface area contributed by atoms with Crippen molar-refractivity contribution in [3.05, 3.63) is 57.9 Å². The Bertz CT molecular complexity index is 943. The van der Waals surface area contributed by atoms with Gasteiger partial charge in [0.15, 0.2) is 0 Å². The lowest BCUT2D eigenvalue weighted by molar-refractivity contribution is 0.102. The standard InChI is InChI=1S/C17H18ClFN2O3S/c1-10-7-12(8-16(11(10)2)25(23,24)21(3)4)17(22)20-15-6-5-13(18)9-14(15)19/h5-9H,1-4H3,(H,20,22). The number of sulfonamides is 1. The first kappa shape index (κ1) is 19.4. The molecule has 0 radical (unpaired) electrons. The quantitative estimate of drug-likeness (QED) is 0.875. The predicted molar refractivity (Wildman–Crippen MR) is 96.2 cm³/mol. The van der Waals surface area contributed by atoms with Gasteiger partial charge in [0.2, 0.25) is 10.0 Å². The van der Waals surface area contributed by atoms with Gasteiger partial charge in [-0.05, 0) is 55.3 Å². The summed E-state index contributed by atoms with van der Waals surface area (Å²) < 4.78 is 39.8. The fourth-order valence-corrected chi connectivity index (χ4v) is 3.58. The topological polar surface area (TPSA) is 66.5 Å². The summed E-state index contributed by atoms with van der Waals surface area (Å²) in [6.07, 6.45) is 0. The normalized spacial score (nSPS) is 11.6. The Hall–Kier alpha value is -1.96. The van der Waals surface area contributed by atoms with Gasteiger partial charge in [-0.15, -0.1) is 0 Å². The lowest BCUT2D eigenvalue weighted by atomic mass is 10.1. The van der Waals surface area contributed by atoms with Gasteiger partial charge in [-0.25, -0.2) is 17.1 Å². The number of rotatable bonds is 4. The van der Waals surface area contributed by atoms with E-state index in [0.29, 0.717) is 11.1 Å². The number of benzene rings is 2. The molecule has 0 atom stereocenters. The zero-order chi connectivity index (χ0) is 18.9. The summed E-state index contributed by atoms with van der Waals surface area (Å²) >= 11 is 5.69. The van der Waals surface area contributed by atoms with Gasteiger partial charge >= 0.3 is 0 Å². The molecule has 25 heavy (non-hydrogen) atoms. The predicted octanol–water partition coefficient (Wildman–Crippen LogP) is 3.60. The summed E-state index contributed by atoms with van der Waals surface area (Å²) in [4.78, 5) is 12.5. The van der Waals surface area contributed by atoms with Crippen molar-refractivity contribution in [3.63, 3.8) is 0 Å². The van der Waals surface area contributed by atoms with Gasteiger partial charge in [0.1, 0.15) is 5.82 Å². The molecule has 2 rings (SSSR count). The van der Waals surface area contributed by atoms with Crippen molar-refractivity contribution in [2.24, 2.45) is 0 Å². The molecule has 0 fully saturated rings. The average molecular weight is 385 g/mol. The van der Waals surface area contributed by atoms with Gasteiger partial charge in [-0.3, -0.25) is 4.79 Å². The van der Waals surface area contributed by atoms with Crippen LogP contribution in [0.5, 0.6) is 0 Å². The summed E-state index contributed by atoms with van der Waals surface area (Å²) in [6.45, 7) is 3.38. The number of amides is 1. The van der Waals surface area contributed by atoms with Crippen LogP contribution in [0.3, 0.4) is 0 Å². The van der Waals surface area contributed by atoms with Crippen molar-refractivity contribution >= 4 is 33.2 Å². The van der Waals surface area contributed by atoms with E-state index in [-0.39, 0.29) is 21.2 Å². The number of hydrogen-bond acceptors (Lipinski definition) is 3. The van der Waals surface area contributed by atoms with E-state index in [1.807, 2.05) is 0 Å². The van der Waals surface area contributed by atoms with Crippen LogP contribution in [0, 0.1) is 19.7 Å². The van der Waals surface area contributed by atoms with E-state index in [9.17, 15) is 17.6 Å². The zero-order valence-corrected chi connectivity index (χ0v) is 15.8.